The van der Waals surface area contributed by atoms with E-state index >= 15 is 0 Å². The summed E-state index contributed by atoms with van der Waals surface area (Å²) in [7, 11) is 1.86. The zero-order valence-corrected chi connectivity index (χ0v) is 10.2. The monoisotopic (exact) mass is 235 g/mol. The van der Waals surface area contributed by atoms with Crippen molar-refractivity contribution in [3.05, 3.63) is 11.9 Å². The minimum absolute atomic E-state index is 0.348. The number of anilines is 2. The molecular formula is C11H17N5O. The second-order valence-corrected chi connectivity index (χ2v) is 3.53. The van der Waals surface area contributed by atoms with E-state index in [9.17, 15) is 0 Å². The van der Waals surface area contributed by atoms with Crippen LogP contribution in [-0.4, -0.2) is 30.2 Å². The molecule has 2 N–H and O–H groups in total. The van der Waals surface area contributed by atoms with E-state index < -0.39 is 0 Å². The molecule has 0 bridgehead atoms. The molecular weight excluding hydrogens is 218 g/mol. The van der Waals surface area contributed by atoms with Gasteiger partial charge in [-0.1, -0.05) is 0 Å². The zero-order chi connectivity index (χ0) is 12.7. The van der Waals surface area contributed by atoms with Gasteiger partial charge in [0.25, 0.3) is 0 Å². The Balaban J connectivity index is 2.77. The highest BCUT2D eigenvalue weighted by Gasteiger charge is 2.06. The first-order valence-electron chi connectivity index (χ1n) is 5.46. The van der Waals surface area contributed by atoms with Crippen molar-refractivity contribution in [3.8, 4) is 6.07 Å². The van der Waals surface area contributed by atoms with E-state index in [2.05, 4.69) is 16.0 Å². The molecule has 1 aromatic rings. The van der Waals surface area contributed by atoms with Gasteiger partial charge in [-0.2, -0.15) is 5.26 Å². The third-order valence-corrected chi connectivity index (χ3v) is 2.16. The van der Waals surface area contributed by atoms with Crippen LogP contribution in [0.25, 0.3) is 0 Å². The second kappa shape index (κ2) is 6.66. The van der Waals surface area contributed by atoms with Crippen LogP contribution < -0.4 is 10.6 Å². The Morgan fingerprint density at radius 2 is 2.29 bits per heavy atom. The smallest absolute Gasteiger partial charge is 0.158 e. The van der Waals surface area contributed by atoms with E-state index in [1.165, 1.54) is 0 Å². The molecule has 0 aliphatic heterocycles. The molecule has 1 aromatic heterocycles. The number of nitrogens with zero attached hydrogens (tertiary/aromatic N) is 4. The van der Waals surface area contributed by atoms with Crippen LogP contribution >= 0.6 is 0 Å². The lowest BCUT2D eigenvalue weighted by Gasteiger charge is -2.17. The Labute approximate surface area is 101 Å². The Morgan fingerprint density at radius 1 is 1.53 bits per heavy atom. The highest BCUT2D eigenvalue weighted by molar-refractivity contribution is 5.46. The van der Waals surface area contributed by atoms with Crippen molar-refractivity contribution in [2.45, 2.75) is 20.0 Å². The van der Waals surface area contributed by atoms with Crippen molar-refractivity contribution < 1.29 is 4.74 Å². The SMILES string of the molecule is CCOCc1nc(N)cc(N(C)CCC#N)n1. The summed E-state index contributed by atoms with van der Waals surface area (Å²) in [5, 5.41) is 8.53. The molecule has 0 saturated heterocycles. The second-order valence-electron chi connectivity index (χ2n) is 3.53. The van der Waals surface area contributed by atoms with Crippen LogP contribution in [0.4, 0.5) is 11.6 Å². The van der Waals surface area contributed by atoms with E-state index in [1.54, 1.807) is 6.07 Å². The van der Waals surface area contributed by atoms with Crippen LogP contribution in [0, 0.1) is 11.3 Å². The molecule has 17 heavy (non-hydrogen) atoms. The molecule has 0 atom stereocenters. The van der Waals surface area contributed by atoms with Gasteiger partial charge in [0.1, 0.15) is 18.2 Å². The maximum absolute atomic E-state index is 8.53. The Morgan fingerprint density at radius 3 is 2.94 bits per heavy atom. The Kier molecular flexibility index (Phi) is 5.17. The molecule has 6 nitrogen and oxygen atoms in total. The fraction of sp³-hybridized carbons (Fsp3) is 0.545. The van der Waals surface area contributed by atoms with Crippen molar-refractivity contribution in [1.82, 2.24) is 9.97 Å². The summed E-state index contributed by atoms with van der Waals surface area (Å²) < 4.78 is 5.24. The number of hydrogen-bond acceptors (Lipinski definition) is 6. The van der Waals surface area contributed by atoms with Gasteiger partial charge >= 0.3 is 0 Å². The Bertz CT molecular complexity index is 401. The van der Waals surface area contributed by atoms with Gasteiger partial charge in [0, 0.05) is 26.3 Å². The van der Waals surface area contributed by atoms with Gasteiger partial charge in [0.15, 0.2) is 5.82 Å². The standard InChI is InChI=1S/C11H17N5O/c1-3-17-8-10-14-9(13)7-11(15-10)16(2)6-4-5-12/h7H,3-4,6,8H2,1-2H3,(H2,13,14,15). The highest BCUT2D eigenvalue weighted by Crippen LogP contribution is 2.13. The molecule has 0 aliphatic rings. The van der Waals surface area contributed by atoms with Crippen molar-refractivity contribution in [2.24, 2.45) is 0 Å². The van der Waals surface area contributed by atoms with Gasteiger partial charge < -0.3 is 15.4 Å². The minimum atomic E-state index is 0.348. The van der Waals surface area contributed by atoms with Crippen LogP contribution in [0.2, 0.25) is 0 Å². The van der Waals surface area contributed by atoms with Crippen molar-refractivity contribution in [2.75, 3.05) is 30.8 Å². The largest absolute Gasteiger partial charge is 0.384 e. The number of aromatic nitrogens is 2. The molecule has 0 saturated carbocycles. The summed E-state index contributed by atoms with van der Waals surface area (Å²) in [5.74, 6) is 1.68. The lowest BCUT2D eigenvalue weighted by molar-refractivity contribution is 0.128. The van der Waals surface area contributed by atoms with Gasteiger partial charge in [-0.15, -0.1) is 0 Å². The van der Waals surface area contributed by atoms with E-state index in [4.69, 9.17) is 15.7 Å². The number of ether oxygens (including phenoxy) is 1. The van der Waals surface area contributed by atoms with Gasteiger partial charge in [-0.25, -0.2) is 9.97 Å². The molecule has 0 fully saturated rings. The van der Waals surface area contributed by atoms with Crippen molar-refractivity contribution >= 4 is 11.6 Å². The predicted molar refractivity (Wildman–Crippen MR) is 65.3 cm³/mol. The molecule has 6 heteroatoms. The normalized spacial score (nSPS) is 9.94. The maximum Gasteiger partial charge on any atom is 0.158 e. The number of nitriles is 1. The number of hydrogen-bond donors (Lipinski definition) is 1. The molecule has 0 aromatic carbocycles. The van der Waals surface area contributed by atoms with Crippen LogP contribution in [0.15, 0.2) is 6.07 Å². The van der Waals surface area contributed by atoms with Crippen LogP contribution in [0.1, 0.15) is 19.2 Å². The summed E-state index contributed by atoms with van der Waals surface area (Å²) in [6.07, 6.45) is 0.446. The summed E-state index contributed by atoms with van der Waals surface area (Å²) in [5.41, 5.74) is 5.70. The average Bonchev–Trinajstić information content (AvgIpc) is 2.32. The van der Waals surface area contributed by atoms with Gasteiger partial charge in [0.2, 0.25) is 0 Å². The lowest BCUT2D eigenvalue weighted by atomic mass is 10.4. The quantitative estimate of drug-likeness (QED) is 0.789. The third kappa shape index (κ3) is 4.25. The van der Waals surface area contributed by atoms with Crippen LogP contribution in [-0.2, 0) is 11.3 Å². The van der Waals surface area contributed by atoms with Gasteiger partial charge in [0.05, 0.1) is 12.5 Å². The molecule has 1 rings (SSSR count). The van der Waals surface area contributed by atoms with E-state index in [-0.39, 0.29) is 0 Å². The minimum Gasteiger partial charge on any atom is -0.384 e. The fourth-order valence-electron chi connectivity index (χ4n) is 1.29. The molecule has 0 amide bonds. The van der Waals surface area contributed by atoms with Gasteiger partial charge in [-0.3, -0.25) is 0 Å². The van der Waals surface area contributed by atoms with Crippen molar-refractivity contribution in [1.29, 1.82) is 5.26 Å². The number of nitrogen functional groups attached to an aromatic ring is 1. The number of rotatable bonds is 6. The molecule has 0 spiro atoms. The number of nitrogens with two attached hydrogens (primary N) is 1. The topological polar surface area (TPSA) is 88.1 Å². The molecule has 0 radical (unpaired) electrons. The Hall–Kier alpha value is -1.87. The van der Waals surface area contributed by atoms with Gasteiger partial charge in [-0.05, 0) is 6.92 Å². The van der Waals surface area contributed by atoms with E-state index in [1.807, 2.05) is 18.9 Å². The average molecular weight is 235 g/mol. The molecule has 0 aliphatic carbocycles. The third-order valence-electron chi connectivity index (χ3n) is 2.16. The summed E-state index contributed by atoms with van der Waals surface area (Å²) in [4.78, 5) is 10.3. The summed E-state index contributed by atoms with van der Waals surface area (Å²) >= 11 is 0. The summed E-state index contributed by atoms with van der Waals surface area (Å²) in [6.45, 7) is 3.48. The highest BCUT2D eigenvalue weighted by atomic mass is 16.5. The summed E-state index contributed by atoms with van der Waals surface area (Å²) in [6, 6.07) is 3.78. The van der Waals surface area contributed by atoms with E-state index in [0.717, 1.165) is 0 Å². The zero-order valence-electron chi connectivity index (χ0n) is 10.2. The van der Waals surface area contributed by atoms with Crippen molar-refractivity contribution in [3.63, 3.8) is 0 Å². The first-order valence-corrected chi connectivity index (χ1v) is 5.46. The lowest BCUT2D eigenvalue weighted by Crippen LogP contribution is -2.20. The fourth-order valence-corrected chi connectivity index (χ4v) is 1.29. The van der Waals surface area contributed by atoms with Crippen LogP contribution in [0.5, 0.6) is 0 Å². The first-order chi connectivity index (χ1) is 8.17. The molecule has 1 heterocycles. The van der Waals surface area contributed by atoms with Crippen LogP contribution in [0.3, 0.4) is 0 Å². The predicted octanol–water partition coefficient (Wildman–Crippen LogP) is 0.945. The molecule has 0 unspecified atom stereocenters. The molecule has 92 valence electrons. The maximum atomic E-state index is 8.53. The first kappa shape index (κ1) is 13.2. The van der Waals surface area contributed by atoms with E-state index in [0.29, 0.717) is 43.6 Å².